The van der Waals surface area contributed by atoms with Crippen molar-refractivity contribution in [3.63, 3.8) is 0 Å². The zero-order valence-electron chi connectivity index (χ0n) is 10.8. The molecule has 102 valence electrons. The first-order valence-electron chi connectivity index (χ1n) is 6.18. The molecule has 18 heavy (non-hydrogen) atoms. The smallest absolute Gasteiger partial charge is 0.227 e. The van der Waals surface area contributed by atoms with E-state index in [2.05, 4.69) is 22.5 Å². The lowest BCUT2D eigenvalue weighted by Crippen LogP contribution is -2.27. The monoisotopic (exact) mass is 289 g/mol. The minimum atomic E-state index is 0. The third-order valence-corrected chi connectivity index (χ3v) is 4.00. The minimum absolute atomic E-state index is 0. The van der Waals surface area contributed by atoms with Crippen molar-refractivity contribution >= 4 is 34.8 Å². The molecule has 0 spiro atoms. The number of amides is 1. The molecule has 1 saturated heterocycles. The quantitative estimate of drug-likeness (QED) is 0.895. The van der Waals surface area contributed by atoms with E-state index in [-0.39, 0.29) is 18.3 Å². The summed E-state index contributed by atoms with van der Waals surface area (Å²) in [6.07, 6.45) is 3.75. The Kier molecular flexibility index (Phi) is 6.05. The molecule has 1 fully saturated rings. The number of halogens is 1. The number of hydrogen-bond donors (Lipinski definition) is 2. The van der Waals surface area contributed by atoms with Crippen molar-refractivity contribution in [2.24, 2.45) is 0 Å². The zero-order chi connectivity index (χ0) is 12.3. The lowest BCUT2D eigenvalue weighted by molar-refractivity contribution is -0.116. The van der Waals surface area contributed by atoms with Crippen molar-refractivity contribution in [3.8, 4) is 0 Å². The Morgan fingerprint density at radius 2 is 2.39 bits per heavy atom. The molecule has 1 aliphatic heterocycles. The molecule has 1 unspecified atom stereocenters. The Balaban J connectivity index is 0.00000162. The van der Waals surface area contributed by atoms with E-state index in [4.69, 9.17) is 0 Å². The second kappa shape index (κ2) is 7.07. The summed E-state index contributed by atoms with van der Waals surface area (Å²) in [4.78, 5) is 17.4. The summed E-state index contributed by atoms with van der Waals surface area (Å²) in [6, 6.07) is 0.349. The van der Waals surface area contributed by atoms with Crippen LogP contribution in [0.2, 0.25) is 0 Å². The van der Waals surface area contributed by atoms with E-state index in [1.54, 1.807) is 11.3 Å². The number of carbonyl (C=O) groups is 1. The van der Waals surface area contributed by atoms with Gasteiger partial charge in [0.05, 0.1) is 5.69 Å². The van der Waals surface area contributed by atoms with Crippen molar-refractivity contribution in [2.75, 3.05) is 11.9 Å². The van der Waals surface area contributed by atoms with Crippen molar-refractivity contribution in [3.05, 3.63) is 10.6 Å². The van der Waals surface area contributed by atoms with Gasteiger partial charge in [-0.3, -0.25) is 4.79 Å². The number of hydrogen-bond acceptors (Lipinski definition) is 4. The Labute approximate surface area is 118 Å². The lowest BCUT2D eigenvalue weighted by atomic mass is 10.1. The van der Waals surface area contributed by atoms with E-state index in [1.807, 2.05) is 6.92 Å². The van der Waals surface area contributed by atoms with Crippen molar-refractivity contribution in [1.82, 2.24) is 10.3 Å². The third-order valence-electron chi connectivity index (χ3n) is 3.07. The number of carbonyl (C=O) groups excluding carboxylic acids is 1. The number of rotatable bonds is 4. The van der Waals surface area contributed by atoms with Gasteiger partial charge in [-0.15, -0.1) is 23.7 Å². The predicted octanol–water partition coefficient (Wildman–Crippen LogP) is 2.52. The van der Waals surface area contributed by atoms with Crippen LogP contribution in [-0.4, -0.2) is 23.5 Å². The van der Waals surface area contributed by atoms with Crippen LogP contribution in [-0.2, 0) is 11.2 Å². The van der Waals surface area contributed by atoms with Gasteiger partial charge in [-0.1, -0.05) is 6.92 Å². The normalized spacial score (nSPS) is 18.4. The number of anilines is 1. The lowest BCUT2D eigenvalue weighted by Gasteiger charge is -2.08. The molecule has 0 radical (unpaired) electrons. The van der Waals surface area contributed by atoms with E-state index < -0.39 is 0 Å². The molecule has 2 rings (SSSR count). The molecule has 1 amide bonds. The average molecular weight is 290 g/mol. The SMILES string of the molecule is CCc1nc(NC(=O)CC2CCCN2)sc1C.Cl. The Morgan fingerprint density at radius 3 is 2.94 bits per heavy atom. The summed E-state index contributed by atoms with van der Waals surface area (Å²) in [6.45, 7) is 5.16. The topological polar surface area (TPSA) is 54.0 Å². The van der Waals surface area contributed by atoms with Gasteiger partial charge in [-0.25, -0.2) is 4.98 Å². The fourth-order valence-electron chi connectivity index (χ4n) is 2.13. The zero-order valence-corrected chi connectivity index (χ0v) is 12.4. The molecule has 1 aromatic heterocycles. The molecule has 0 aromatic carbocycles. The highest BCUT2D eigenvalue weighted by Gasteiger charge is 2.18. The Morgan fingerprint density at radius 1 is 1.61 bits per heavy atom. The van der Waals surface area contributed by atoms with Gasteiger partial charge in [-0.05, 0) is 32.7 Å². The number of aromatic nitrogens is 1. The fraction of sp³-hybridized carbons (Fsp3) is 0.667. The summed E-state index contributed by atoms with van der Waals surface area (Å²) < 4.78 is 0. The highest BCUT2D eigenvalue weighted by Crippen LogP contribution is 2.22. The summed E-state index contributed by atoms with van der Waals surface area (Å²) in [5.74, 6) is 0.0702. The average Bonchev–Trinajstić information content (AvgIpc) is 2.88. The van der Waals surface area contributed by atoms with Gasteiger partial charge in [0.2, 0.25) is 5.91 Å². The Hall–Kier alpha value is -0.650. The maximum Gasteiger partial charge on any atom is 0.227 e. The van der Waals surface area contributed by atoms with Crippen LogP contribution in [0, 0.1) is 6.92 Å². The fourth-order valence-corrected chi connectivity index (χ4v) is 3.05. The molecule has 2 heterocycles. The standard InChI is InChI=1S/C12H19N3OS.ClH/c1-3-10-8(2)17-12(14-10)15-11(16)7-9-5-4-6-13-9;/h9,13H,3-7H2,1-2H3,(H,14,15,16);1H. The van der Waals surface area contributed by atoms with Gasteiger partial charge in [0.15, 0.2) is 5.13 Å². The molecule has 0 bridgehead atoms. The number of thiazole rings is 1. The van der Waals surface area contributed by atoms with Gasteiger partial charge in [0.1, 0.15) is 0 Å². The molecule has 2 N–H and O–H groups in total. The van der Waals surface area contributed by atoms with Gasteiger partial charge < -0.3 is 10.6 Å². The number of nitrogens with zero attached hydrogens (tertiary/aromatic N) is 1. The van der Waals surface area contributed by atoms with Crippen LogP contribution in [0.4, 0.5) is 5.13 Å². The molecule has 4 nitrogen and oxygen atoms in total. The van der Waals surface area contributed by atoms with Crippen LogP contribution < -0.4 is 10.6 Å². The van der Waals surface area contributed by atoms with Crippen LogP contribution in [0.15, 0.2) is 0 Å². The second-order valence-corrected chi connectivity index (χ2v) is 5.62. The van der Waals surface area contributed by atoms with Crippen molar-refractivity contribution in [2.45, 2.75) is 45.6 Å². The Bertz CT molecular complexity index is 402. The van der Waals surface area contributed by atoms with E-state index in [0.717, 1.165) is 30.2 Å². The predicted molar refractivity (Wildman–Crippen MR) is 77.7 cm³/mol. The summed E-state index contributed by atoms with van der Waals surface area (Å²) in [5.41, 5.74) is 1.09. The summed E-state index contributed by atoms with van der Waals surface area (Å²) >= 11 is 1.56. The van der Waals surface area contributed by atoms with E-state index >= 15 is 0 Å². The van der Waals surface area contributed by atoms with E-state index in [0.29, 0.717) is 12.5 Å². The first kappa shape index (κ1) is 15.4. The minimum Gasteiger partial charge on any atom is -0.313 e. The van der Waals surface area contributed by atoms with Crippen LogP contribution in [0.1, 0.15) is 36.8 Å². The second-order valence-electron chi connectivity index (χ2n) is 4.42. The maximum absolute atomic E-state index is 11.8. The first-order valence-corrected chi connectivity index (χ1v) is 7.00. The molecule has 6 heteroatoms. The van der Waals surface area contributed by atoms with Crippen molar-refractivity contribution in [1.29, 1.82) is 0 Å². The van der Waals surface area contributed by atoms with Gasteiger partial charge >= 0.3 is 0 Å². The molecule has 1 aliphatic rings. The summed E-state index contributed by atoms with van der Waals surface area (Å²) in [7, 11) is 0. The van der Waals surface area contributed by atoms with Gasteiger partial charge in [0, 0.05) is 17.3 Å². The van der Waals surface area contributed by atoms with Crippen molar-refractivity contribution < 1.29 is 4.79 Å². The van der Waals surface area contributed by atoms with Crippen LogP contribution in [0.5, 0.6) is 0 Å². The van der Waals surface area contributed by atoms with Crippen LogP contribution >= 0.6 is 23.7 Å². The molecular formula is C12H20ClN3OS. The summed E-state index contributed by atoms with van der Waals surface area (Å²) in [5, 5.41) is 6.95. The van der Waals surface area contributed by atoms with E-state index in [9.17, 15) is 4.79 Å². The van der Waals surface area contributed by atoms with Crippen LogP contribution in [0.25, 0.3) is 0 Å². The van der Waals surface area contributed by atoms with Crippen LogP contribution in [0.3, 0.4) is 0 Å². The molecule has 1 aromatic rings. The molecule has 0 aliphatic carbocycles. The maximum atomic E-state index is 11.8. The highest BCUT2D eigenvalue weighted by molar-refractivity contribution is 7.15. The molecule has 0 saturated carbocycles. The highest BCUT2D eigenvalue weighted by atomic mass is 35.5. The largest absolute Gasteiger partial charge is 0.313 e. The third kappa shape index (κ3) is 3.93. The van der Waals surface area contributed by atoms with Gasteiger partial charge in [0.25, 0.3) is 0 Å². The molecular weight excluding hydrogens is 270 g/mol. The first-order chi connectivity index (χ1) is 8.19. The van der Waals surface area contributed by atoms with Gasteiger partial charge in [-0.2, -0.15) is 0 Å². The number of aryl methyl sites for hydroxylation is 2. The van der Waals surface area contributed by atoms with E-state index in [1.165, 1.54) is 11.3 Å². The molecule has 1 atom stereocenters. The number of nitrogens with one attached hydrogen (secondary N) is 2.